The summed E-state index contributed by atoms with van der Waals surface area (Å²) in [7, 11) is 5.13. The van der Waals surface area contributed by atoms with E-state index in [1.165, 1.54) is 134 Å². The molecule has 6 aromatic carbocycles. The van der Waals surface area contributed by atoms with E-state index in [-0.39, 0.29) is 24.9 Å². The molecule has 7 aliphatic heterocycles. The van der Waals surface area contributed by atoms with E-state index in [0.717, 1.165) is 168 Å². The first kappa shape index (κ1) is 73.7. The summed E-state index contributed by atoms with van der Waals surface area (Å²) in [6.45, 7) is 12.9. The van der Waals surface area contributed by atoms with Crippen LogP contribution in [0.4, 0.5) is 22.7 Å². The first-order valence-corrected chi connectivity index (χ1v) is 40.6. The number of amides is 1. The number of aryl methyl sites for hydroxylation is 2. The summed E-state index contributed by atoms with van der Waals surface area (Å²) in [6, 6.07) is 38.5. The summed E-state index contributed by atoms with van der Waals surface area (Å²) in [5.74, 6) is 9.08. The number of fused-ring (bicyclic) bond motifs is 12. The van der Waals surface area contributed by atoms with Crippen LogP contribution < -0.4 is 63.8 Å². The van der Waals surface area contributed by atoms with Gasteiger partial charge in [0.15, 0.2) is 23.9 Å². The fourth-order valence-corrected chi connectivity index (χ4v) is 18.6. The van der Waals surface area contributed by atoms with Crippen molar-refractivity contribution in [2.24, 2.45) is 17.8 Å². The van der Waals surface area contributed by atoms with Gasteiger partial charge in [0.2, 0.25) is 0 Å². The molecule has 3 fully saturated rings. The molecule has 9 aromatic rings. The average Bonchev–Trinajstić information content (AvgIpc) is 0.777. The molecule has 18 rings (SSSR count). The van der Waals surface area contributed by atoms with Crippen LogP contribution in [0.15, 0.2) is 133 Å². The van der Waals surface area contributed by atoms with Crippen LogP contribution in [-0.2, 0) is 53.2 Å². The Kier molecular flexibility index (Phi) is 23.2. The third-order valence-electron chi connectivity index (χ3n) is 23.8. The van der Waals surface area contributed by atoms with Crippen molar-refractivity contribution in [1.82, 2.24) is 30.5 Å². The van der Waals surface area contributed by atoms with Gasteiger partial charge in [0, 0.05) is 104 Å². The predicted octanol–water partition coefficient (Wildman–Crippen LogP) is 14.0. The van der Waals surface area contributed by atoms with E-state index < -0.39 is 0 Å². The Hall–Kier alpha value is -9.41. The molecule has 0 unspecified atom stereocenters. The minimum absolute atomic E-state index is 0.0744. The lowest BCUT2D eigenvalue weighted by Gasteiger charge is -2.37. The largest absolute Gasteiger partial charge is 0.497 e. The van der Waals surface area contributed by atoms with Gasteiger partial charge in [0.1, 0.15) is 54.4 Å². The Balaban J connectivity index is 0.000000124. The van der Waals surface area contributed by atoms with Crippen molar-refractivity contribution >= 4 is 84.7 Å². The highest BCUT2D eigenvalue weighted by Gasteiger charge is 2.32. The quantitative estimate of drug-likeness (QED) is 0.0689. The van der Waals surface area contributed by atoms with Gasteiger partial charge in [-0.05, 0) is 227 Å². The zero-order valence-corrected chi connectivity index (χ0v) is 64.1. The number of Topliss-reactive ketones (excluding diaryl/α,β-unsaturated/α-hetero) is 2. The van der Waals surface area contributed by atoms with Gasteiger partial charge in [0.05, 0.1) is 91.9 Å². The zero-order valence-electron chi connectivity index (χ0n) is 63.3. The van der Waals surface area contributed by atoms with Crippen molar-refractivity contribution < 1.29 is 47.5 Å². The second-order valence-corrected chi connectivity index (χ2v) is 32.0. The number of ketones is 2. The molecule has 0 atom stereocenters. The Morgan fingerprint density at radius 1 is 0.486 bits per heavy atom. The third kappa shape index (κ3) is 17.6. The number of likely N-dealkylation sites (tertiary alicyclic amines) is 1. The maximum Gasteiger partial charge on any atom is 0.262 e. The highest BCUT2D eigenvalue weighted by Crippen LogP contribution is 2.44. The molecule has 2 aliphatic carbocycles. The Bertz CT molecular complexity index is 4550. The van der Waals surface area contributed by atoms with Crippen molar-refractivity contribution in [1.29, 1.82) is 0 Å². The van der Waals surface area contributed by atoms with Crippen molar-refractivity contribution in [3.63, 3.8) is 0 Å². The Morgan fingerprint density at radius 3 is 1.65 bits per heavy atom. The normalized spacial score (nSPS) is 20.4. The lowest BCUT2D eigenvalue weighted by Crippen LogP contribution is -2.41. The molecular formula is C88H102N10O10S. The number of rotatable bonds is 19. The lowest BCUT2D eigenvalue weighted by atomic mass is 9.85. The average molecular weight is 1490 g/mol. The molecule has 0 spiro atoms. The highest BCUT2D eigenvalue weighted by atomic mass is 32.2. The number of piperidine rings is 1. The van der Waals surface area contributed by atoms with E-state index in [9.17, 15) is 14.4 Å². The number of ether oxygens (including phenoxy) is 7. The first-order valence-electron chi connectivity index (χ1n) is 39.7. The number of hydrogen-bond donors (Lipinski definition) is 3. The van der Waals surface area contributed by atoms with E-state index in [4.69, 9.17) is 38.1 Å². The van der Waals surface area contributed by atoms with Crippen molar-refractivity contribution in [2.45, 2.75) is 133 Å². The van der Waals surface area contributed by atoms with Crippen LogP contribution in [-0.4, -0.2) is 162 Å². The van der Waals surface area contributed by atoms with E-state index in [1.807, 2.05) is 54.9 Å². The summed E-state index contributed by atoms with van der Waals surface area (Å²) in [5, 5.41) is 13.9. The monoisotopic (exact) mass is 1490 g/mol. The number of thioether (sulfide) groups is 1. The van der Waals surface area contributed by atoms with Crippen molar-refractivity contribution in [3.05, 3.63) is 161 Å². The molecule has 0 radical (unpaired) electrons. The number of aromatic nitrogens is 3. The summed E-state index contributed by atoms with van der Waals surface area (Å²) in [4.78, 5) is 60.6. The topological polar surface area (TPSA) is 204 Å². The number of methoxy groups -OCH3 is 3. The molecule has 20 nitrogen and oxygen atoms in total. The second-order valence-electron chi connectivity index (χ2n) is 31.0. The minimum atomic E-state index is -0.0744. The molecule has 570 valence electrons. The Labute approximate surface area is 643 Å². The van der Waals surface area contributed by atoms with Crippen LogP contribution in [0, 0.1) is 17.8 Å². The number of nitrogens with one attached hydrogen (secondary N) is 3. The number of carbonyl (C=O) groups excluding carboxylic acids is 3. The van der Waals surface area contributed by atoms with Gasteiger partial charge >= 0.3 is 0 Å². The molecule has 10 heterocycles. The number of carbonyl (C=O) groups is 3. The summed E-state index contributed by atoms with van der Waals surface area (Å²) < 4.78 is 39.4. The Morgan fingerprint density at radius 2 is 1.04 bits per heavy atom. The van der Waals surface area contributed by atoms with Crippen molar-refractivity contribution in [3.8, 4) is 40.2 Å². The van der Waals surface area contributed by atoms with Crippen molar-refractivity contribution in [2.75, 3.05) is 132 Å². The zero-order chi connectivity index (χ0) is 74.2. The van der Waals surface area contributed by atoms with Crippen LogP contribution in [0.2, 0.25) is 0 Å². The summed E-state index contributed by atoms with van der Waals surface area (Å²) in [6.07, 6.45) is 23.5. The first-order chi connectivity index (χ1) is 53.5. The fourth-order valence-electron chi connectivity index (χ4n) is 17.7. The van der Waals surface area contributed by atoms with Gasteiger partial charge in [-0.25, -0.2) is 0 Å². The fraction of sp³-hybridized carbons (Fsp3) is 0.455. The molecule has 1 saturated heterocycles. The minimum Gasteiger partial charge on any atom is -0.497 e. The van der Waals surface area contributed by atoms with Gasteiger partial charge in [0.25, 0.3) is 5.91 Å². The van der Waals surface area contributed by atoms with Gasteiger partial charge < -0.3 is 68.7 Å². The van der Waals surface area contributed by atoms with Crippen LogP contribution >= 0.6 is 11.8 Å². The van der Waals surface area contributed by atoms with E-state index in [1.54, 1.807) is 33.1 Å². The second kappa shape index (κ2) is 34.2. The predicted molar refractivity (Wildman–Crippen MR) is 431 cm³/mol. The van der Waals surface area contributed by atoms with Crippen LogP contribution in [0.1, 0.15) is 110 Å². The number of hydrogen-bond acceptors (Lipinski definition) is 20. The summed E-state index contributed by atoms with van der Waals surface area (Å²) in [5.41, 5.74) is 14.8. The molecule has 109 heavy (non-hydrogen) atoms. The van der Waals surface area contributed by atoms with E-state index in [2.05, 4.69) is 118 Å². The summed E-state index contributed by atoms with van der Waals surface area (Å²) >= 11 is 1.67. The number of pyridine rings is 3. The maximum atomic E-state index is 11.8. The SMILES string of the molecule is COc1ccc2ncc3c(c2c1)N(CC1CCC(NCc2ccc4c(c2)CC(=O)CO4)CC1)CCO3.COc1ccc2ncc3c(c2c1)N(CC1CCC(NCc2ccc4c(c2)CC(=O)CS4)CC1)CCO3.COc1ccc2ncc3c(c2c1)N(CCN1CCC(CCc2ccc4c(c2)NC(=O)CO4)CC1)CCC3. The van der Waals surface area contributed by atoms with E-state index in [0.29, 0.717) is 61.5 Å². The lowest BCUT2D eigenvalue weighted by molar-refractivity contribution is -0.121. The van der Waals surface area contributed by atoms with Crippen LogP contribution in [0.5, 0.6) is 40.2 Å². The van der Waals surface area contributed by atoms with Crippen LogP contribution in [0.25, 0.3) is 32.7 Å². The van der Waals surface area contributed by atoms with Gasteiger partial charge in [-0.15, -0.1) is 11.8 Å². The van der Waals surface area contributed by atoms with Crippen LogP contribution in [0.3, 0.4) is 0 Å². The molecule has 21 heteroatoms. The van der Waals surface area contributed by atoms with E-state index >= 15 is 0 Å². The third-order valence-corrected chi connectivity index (χ3v) is 24.9. The number of nitrogens with zero attached hydrogens (tertiary/aromatic N) is 7. The molecule has 2 saturated carbocycles. The molecule has 1 amide bonds. The highest BCUT2D eigenvalue weighted by molar-refractivity contribution is 8.00. The van der Waals surface area contributed by atoms with Gasteiger partial charge in [-0.1, -0.05) is 30.3 Å². The van der Waals surface area contributed by atoms with Gasteiger partial charge in [-0.3, -0.25) is 29.3 Å². The molecular weight excluding hydrogens is 1390 g/mol. The molecule has 3 N–H and O–H groups in total. The molecule has 0 bridgehead atoms. The number of anilines is 4. The number of benzene rings is 6. The standard InChI is InChI=1S/C30H36N4O3.C29H33N3O4.C29H33N3O3S/c1-36-24-7-8-26-25(18-24)30-23(19-31-26)3-2-12-34(30)16-15-33-13-10-21(11-14-33)4-5-22-6-9-28-27(17-22)32-29(35)20-37-28;1-34-24-7-8-26-25(14-24)29-28(16-31-26)35-11-10-32(29)17-19-2-5-22(6-3-19)30-15-20-4-9-27-21(12-20)13-23(33)18-36-27;1-34-24-7-8-26-25(14-24)29-27(16-31-26)35-11-10-32(29)17-19-2-5-22(6-3-19)30-15-20-4-9-28-21(12-20)13-23(33)18-36-28/h6-9,17-19,21H,2-5,10-16,20H2,1H3,(H,32,35);2*4,7-9,12,14,16,19,22,30H,2-3,5-6,10-11,13,15,17-18H2,1H3. The maximum absolute atomic E-state index is 11.8. The smallest absolute Gasteiger partial charge is 0.262 e. The molecule has 3 aromatic heterocycles. The molecule has 9 aliphatic rings. The van der Waals surface area contributed by atoms with Gasteiger partial charge in [-0.2, -0.15) is 0 Å².